The van der Waals surface area contributed by atoms with Crippen molar-refractivity contribution in [2.24, 2.45) is 11.5 Å². The predicted octanol–water partition coefficient (Wildman–Crippen LogP) is 3.57. The van der Waals surface area contributed by atoms with Crippen molar-refractivity contribution in [3.05, 3.63) is 105 Å². The molecular weight excluding hydrogens is 648 g/mol. The van der Waals surface area contributed by atoms with E-state index in [9.17, 15) is 24.5 Å². The second kappa shape index (κ2) is 15.0. The van der Waals surface area contributed by atoms with E-state index in [0.717, 1.165) is 11.6 Å². The van der Waals surface area contributed by atoms with Crippen molar-refractivity contribution >= 4 is 46.2 Å². The molecule has 5 rings (SSSR count). The largest absolute Gasteiger partial charge is 0.497 e. The van der Waals surface area contributed by atoms with E-state index in [2.05, 4.69) is 25.7 Å². The van der Waals surface area contributed by atoms with Gasteiger partial charge in [-0.05, 0) is 49.7 Å². The minimum atomic E-state index is -0.852. The summed E-state index contributed by atoms with van der Waals surface area (Å²) in [5, 5.41) is 22.2. The van der Waals surface area contributed by atoms with Gasteiger partial charge in [-0.2, -0.15) is 5.10 Å². The number of imidazole rings is 1. The van der Waals surface area contributed by atoms with E-state index < -0.39 is 28.3 Å². The molecule has 17 nitrogen and oxygen atoms in total. The van der Waals surface area contributed by atoms with Gasteiger partial charge in [0.2, 0.25) is 17.8 Å². The molecule has 0 aliphatic heterocycles. The number of nitrogens with two attached hydrogens (primary N) is 2. The van der Waals surface area contributed by atoms with Gasteiger partial charge in [-0.3, -0.25) is 39.1 Å². The highest BCUT2D eigenvalue weighted by atomic mass is 16.6. The van der Waals surface area contributed by atoms with Crippen molar-refractivity contribution in [1.29, 1.82) is 0 Å². The average molecular weight is 683 g/mol. The van der Waals surface area contributed by atoms with Crippen LogP contribution < -0.4 is 31.6 Å². The van der Waals surface area contributed by atoms with Crippen molar-refractivity contribution in [3.63, 3.8) is 0 Å². The van der Waals surface area contributed by atoms with Crippen LogP contribution >= 0.6 is 0 Å². The molecule has 0 spiro atoms. The maximum absolute atomic E-state index is 13.3. The number of hydrogen-bond acceptors (Lipinski definition) is 11. The minimum absolute atomic E-state index is 0.0408. The highest BCUT2D eigenvalue weighted by molar-refractivity contribution is 6.03. The van der Waals surface area contributed by atoms with Crippen LogP contribution in [0.4, 0.5) is 17.3 Å². The fourth-order valence-corrected chi connectivity index (χ4v) is 5.03. The number of carbonyl (C=O) groups excluding carboxylic acids is 3. The van der Waals surface area contributed by atoms with E-state index in [-0.39, 0.29) is 48.2 Å². The van der Waals surface area contributed by atoms with Crippen molar-refractivity contribution in [2.75, 3.05) is 24.3 Å². The number of primary amides is 2. The number of nitrogens with zero attached hydrogens (tertiary/aromatic N) is 6. The smallest absolute Gasteiger partial charge is 0.296 e. The number of carbonyl (C=O) groups is 3. The van der Waals surface area contributed by atoms with Crippen LogP contribution in [0, 0.1) is 17.0 Å². The number of aryl methyl sites for hydroxylation is 2. The number of amides is 3. The summed E-state index contributed by atoms with van der Waals surface area (Å²) in [6.45, 7) is 4.42. The third-order valence-corrected chi connectivity index (χ3v) is 7.50. The summed E-state index contributed by atoms with van der Waals surface area (Å²) in [6.07, 6.45) is 4.75. The van der Waals surface area contributed by atoms with Gasteiger partial charge < -0.3 is 26.3 Å². The molecule has 0 fully saturated rings. The molecular formula is C33H34N10O7. The lowest BCUT2D eigenvalue weighted by molar-refractivity contribution is -0.384. The molecule has 3 aromatic heterocycles. The Morgan fingerprint density at radius 1 is 1.04 bits per heavy atom. The Morgan fingerprint density at radius 3 is 2.44 bits per heavy atom. The number of hydrogen-bond donors (Lipinski definition) is 4. The maximum atomic E-state index is 13.3. The Kier molecular flexibility index (Phi) is 10.3. The highest BCUT2D eigenvalue weighted by Gasteiger charge is 2.23. The molecule has 17 heteroatoms. The van der Waals surface area contributed by atoms with Gasteiger partial charge in [-0.25, -0.2) is 9.97 Å². The molecule has 258 valence electrons. The van der Waals surface area contributed by atoms with Crippen molar-refractivity contribution in [3.8, 4) is 11.5 Å². The van der Waals surface area contributed by atoms with E-state index in [1.165, 1.54) is 18.3 Å². The number of pyridine rings is 1. The molecule has 0 bridgehead atoms. The number of anilines is 2. The number of benzene rings is 2. The molecule has 0 saturated carbocycles. The monoisotopic (exact) mass is 682 g/mol. The molecule has 0 aliphatic rings. The van der Waals surface area contributed by atoms with Gasteiger partial charge in [0, 0.05) is 37.5 Å². The van der Waals surface area contributed by atoms with Crippen LogP contribution in [0.1, 0.15) is 49.4 Å². The molecule has 0 saturated heterocycles. The summed E-state index contributed by atoms with van der Waals surface area (Å²) in [7, 11) is 1.55. The fraction of sp³-hybridized carbons (Fsp3) is 0.212. The van der Waals surface area contributed by atoms with Gasteiger partial charge in [0.1, 0.15) is 23.6 Å². The molecule has 3 amide bonds. The van der Waals surface area contributed by atoms with Gasteiger partial charge in [-0.1, -0.05) is 24.3 Å². The van der Waals surface area contributed by atoms with Crippen LogP contribution in [-0.4, -0.2) is 60.6 Å². The Hall–Kier alpha value is -6.78. The summed E-state index contributed by atoms with van der Waals surface area (Å²) in [5.74, 6) is -1.12. The third kappa shape index (κ3) is 7.67. The summed E-state index contributed by atoms with van der Waals surface area (Å²) in [4.78, 5) is 57.3. The van der Waals surface area contributed by atoms with E-state index >= 15 is 0 Å². The lowest BCUT2D eigenvalue weighted by Gasteiger charge is -2.14. The number of aromatic nitrogens is 5. The van der Waals surface area contributed by atoms with Crippen LogP contribution in [0.3, 0.4) is 0 Å². The number of ether oxygens (including phenoxy) is 2. The van der Waals surface area contributed by atoms with Gasteiger partial charge in [-0.15, -0.1) is 0 Å². The predicted molar refractivity (Wildman–Crippen MR) is 183 cm³/mol. The van der Waals surface area contributed by atoms with Crippen LogP contribution in [-0.2, 0) is 19.7 Å². The molecule has 0 atom stereocenters. The van der Waals surface area contributed by atoms with E-state index in [1.807, 2.05) is 6.92 Å². The fourth-order valence-electron chi connectivity index (χ4n) is 5.03. The first-order valence-electron chi connectivity index (χ1n) is 15.3. The third-order valence-electron chi connectivity index (χ3n) is 7.50. The first-order valence-corrected chi connectivity index (χ1v) is 15.3. The van der Waals surface area contributed by atoms with Gasteiger partial charge >= 0.3 is 0 Å². The van der Waals surface area contributed by atoms with Gasteiger partial charge in [0.05, 0.1) is 23.3 Å². The van der Waals surface area contributed by atoms with Gasteiger partial charge in [0.25, 0.3) is 11.6 Å². The highest BCUT2D eigenvalue weighted by Crippen LogP contribution is 2.36. The number of rotatable bonds is 15. The second-order valence-electron chi connectivity index (χ2n) is 10.9. The number of nitro groups is 1. The van der Waals surface area contributed by atoms with Crippen LogP contribution in [0.25, 0.3) is 11.2 Å². The van der Waals surface area contributed by atoms with E-state index in [4.69, 9.17) is 20.9 Å². The first kappa shape index (κ1) is 34.6. The number of nitro benzene ring substituents is 1. The van der Waals surface area contributed by atoms with Crippen molar-refractivity contribution in [2.45, 2.75) is 33.5 Å². The summed E-state index contributed by atoms with van der Waals surface area (Å²) < 4.78 is 14.3. The quantitative estimate of drug-likeness (QED) is 0.0707. The summed E-state index contributed by atoms with van der Waals surface area (Å²) in [6, 6.07) is 12.6. The SMILES string of the molecule is CCn1nc(C)cc1C(=O)Nc1nc2cc(C(N)=O)cnc2n1C/C=C/CNc1c(OCc2ccc(OC)cc2)cc(C(N)=O)cc1[N+](=O)[O-]. The normalized spacial score (nSPS) is 11.1. The van der Waals surface area contributed by atoms with Crippen LogP contribution in [0.5, 0.6) is 11.5 Å². The number of nitrogens with one attached hydrogen (secondary N) is 2. The van der Waals surface area contributed by atoms with Crippen LogP contribution in [0.15, 0.2) is 66.9 Å². The average Bonchev–Trinajstić information content (AvgIpc) is 3.65. The number of allylic oxidation sites excluding steroid dienone is 1. The van der Waals surface area contributed by atoms with E-state index in [0.29, 0.717) is 34.8 Å². The topological polar surface area (TPSA) is 237 Å². The molecule has 2 aromatic carbocycles. The van der Waals surface area contributed by atoms with E-state index in [1.54, 1.807) is 65.8 Å². The molecule has 0 unspecified atom stereocenters. The lowest BCUT2D eigenvalue weighted by Crippen LogP contribution is -2.20. The second-order valence-corrected chi connectivity index (χ2v) is 10.9. The Balaban J connectivity index is 1.39. The minimum Gasteiger partial charge on any atom is -0.497 e. The lowest BCUT2D eigenvalue weighted by atomic mass is 10.1. The molecule has 0 aliphatic carbocycles. The Labute approximate surface area is 285 Å². The van der Waals surface area contributed by atoms with Crippen molar-refractivity contribution in [1.82, 2.24) is 24.3 Å². The molecule has 0 radical (unpaired) electrons. The zero-order chi connectivity index (χ0) is 35.9. The van der Waals surface area contributed by atoms with Crippen molar-refractivity contribution < 1.29 is 28.8 Å². The Morgan fingerprint density at radius 2 is 1.78 bits per heavy atom. The molecule has 50 heavy (non-hydrogen) atoms. The summed E-state index contributed by atoms with van der Waals surface area (Å²) in [5.41, 5.74) is 13.0. The van der Waals surface area contributed by atoms with Crippen LogP contribution in [0.2, 0.25) is 0 Å². The summed E-state index contributed by atoms with van der Waals surface area (Å²) >= 11 is 0. The van der Waals surface area contributed by atoms with Gasteiger partial charge in [0.15, 0.2) is 17.1 Å². The number of methoxy groups -OCH3 is 1. The Bertz CT molecular complexity index is 2120. The number of fused-ring (bicyclic) bond motifs is 1. The maximum Gasteiger partial charge on any atom is 0.296 e. The molecule has 6 N–H and O–H groups in total. The molecule has 3 heterocycles. The standard InChI is InChI=1S/C33H34N10O7/c1-4-42-26(13-19(2)40-42)32(46)39-33-38-24-14-22(30(35)45)17-37-31(24)41(33)12-6-5-11-36-28-25(43(47)48)15-21(29(34)44)16-27(28)50-18-20-7-9-23(49-3)10-8-20/h5-10,13-17,36H,4,11-12,18H2,1-3H3,(H2,34,44)(H2,35,45)(H,38,39,46)/b6-5+. The zero-order valence-corrected chi connectivity index (χ0v) is 27.4. The molecule has 5 aromatic rings. The first-order chi connectivity index (χ1) is 24.0. The zero-order valence-electron chi connectivity index (χ0n) is 27.4.